The monoisotopic (exact) mass is 270 g/mol. The topological polar surface area (TPSA) is 59.1 Å². The highest BCUT2D eigenvalue weighted by molar-refractivity contribution is 5.90. The van der Waals surface area contributed by atoms with Gasteiger partial charge in [-0.15, -0.1) is 10.1 Å². The second-order valence-electron chi connectivity index (χ2n) is 5.08. The number of hydroxylamine groups is 4. The first-order valence-electron chi connectivity index (χ1n) is 7.15. The molecule has 0 atom stereocenters. The van der Waals surface area contributed by atoms with Crippen LogP contribution >= 0.6 is 0 Å². The molecule has 0 aromatic carbocycles. The van der Waals surface area contributed by atoms with Crippen molar-refractivity contribution in [3.8, 4) is 0 Å². The third-order valence-electron chi connectivity index (χ3n) is 3.38. The summed E-state index contributed by atoms with van der Waals surface area (Å²) in [5, 5.41) is 3.28. The molecule has 19 heavy (non-hydrogen) atoms. The van der Waals surface area contributed by atoms with Crippen LogP contribution in [0, 0.1) is 0 Å². The highest BCUT2D eigenvalue weighted by Crippen LogP contribution is 2.11. The van der Waals surface area contributed by atoms with Crippen molar-refractivity contribution >= 4 is 11.9 Å². The van der Waals surface area contributed by atoms with Gasteiger partial charge in [-0.1, -0.05) is 12.8 Å². The van der Waals surface area contributed by atoms with Crippen LogP contribution in [0.4, 0.5) is 0 Å². The van der Waals surface area contributed by atoms with E-state index in [9.17, 15) is 9.59 Å². The minimum absolute atomic E-state index is 0.313. The summed E-state index contributed by atoms with van der Waals surface area (Å²) in [4.78, 5) is 33.4. The minimum atomic E-state index is -0.524. The summed E-state index contributed by atoms with van der Waals surface area (Å²) in [7, 11) is 0. The average molecular weight is 270 g/mol. The van der Waals surface area contributed by atoms with E-state index < -0.39 is 11.9 Å². The summed E-state index contributed by atoms with van der Waals surface area (Å²) in [5.41, 5.74) is 0. The van der Waals surface area contributed by atoms with Crippen LogP contribution in [0.2, 0.25) is 0 Å². The van der Waals surface area contributed by atoms with E-state index in [1.165, 1.54) is 12.8 Å². The first kappa shape index (κ1) is 14.3. The number of piperidine rings is 2. The van der Waals surface area contributed by atoms with E-state index >= 15 is 0 Å². The predicted molar refractivity (Wildman–Crippen MR) is 67.6 cm³/mol. The quantitative estimate of drug-likeness (QED) is 0.717. The van der Waals surface area contributed by atoms with Gasteiger partial charge in [0.25, 0.3) is 0 Å². The summed E-state index contributed by atoms with van der Waals surface area (Å²) in [6.07, 6.45) is 6.16. The van der Waals surface area contributed by atoms with E-state index in [2.05, 4.69) is 0 Å². The Hall–Kier alpha value is -1.14. The molecule has 0 aliphatic carbocycles. The van der Waals surface area contributed by atoms with E-state index in [4.69, 9.17) is 9.68 Å². The lowest BCUT2D eigenvalue weighted by Crippen LogP contribution is -2.35. The minimum Gasteiger partial charge on any atom is -0.367 e. The van der Waals surface area contributed by atoms with E-state index in [0.717, 1.165) is 51.9 Å². The normalized spacial score (nSPS) is 21.9. The highest BCUT2D eigenvalue weighted by Gasteiger charge is 2.21. The van der Waals surface area contributed by atoms with Gasteiger partial charge in [-0.2, -0.15) is 0 Å². The number of hydrogen-bond acceptors (Lipinski definition) is 6. The smallest absolute Gasteiger partial charge is 0.336 e. The van der Waals surface area contributed by atoms with Crippen LogP contribution in [0.25, 0.3) is 0 Å². The fraction of sp³-hybridized carbons (Fsp3) is 0.846. The number of carbonyl (C=O) groups excluding carboxylic acids is 2. The van der Waals surface area contributed by atoms with Gasteiger partial charge >= 0.3 is 11.9 Å². The fourth-order valence-corrected chi connectivity index (χ4v) is 2.38. The molecule has 2 heterocycles. The molecule has 0 spiro atoms. The zero-order valence-corrected chi connectivity index (χ0v) is 11.3. The van der Waals surface area contributed by atoms with Crippen LogP contribution in [-0.2, 0) is 19.3 Å². The number of rotatable bonds is 4. The van der Waals surface area contributed by atoms with Crippen LogP contribution in [0.5, 0.6) is 0 Å². The van der Waals surface area contributed by atoms with Gasteiger partial charge in [0, 0.05) is 26.2 Å². The summed E-state index contributed by atoms with van der Waals surface area (Å²) in [6.45, 7) is 3.03. The number of hydrogen-bond donors (Lipinski definition) is 0. The van der Waals surface area contributed by atoms with Gasteiger partial charge in [0.15, 0.2) is 0 Å². The van der Waals surface area contributed by atoms with Gasteiger partial charge in [-0.25, -0.2) is 9.59 Å². The fourth-order valence-electron chi connectivity index (χ4n) is 2.38. The average Bonchev–Trinajstić information content (AvgIpc) is 2.40. The molecule has 2 saturated heterocycles. The van der Waals surface area contributed by atoms with Gasteiger partial charge in [-0.3, -0.25) is 0 Å². The molecule has 0 amide bonds. The molecule has 0 unspecified atom stereocenters. The van der Waals surface area contributed by atoms with E-state index in [1.807, 2.05) is 0 Å². The first-order chi connectivity index (χ1) is 9.24. The standard InChI is InChI=1S/C13H22N2O4/c16-12(18-14-7-3-1-4-8-14)11-13(17)19-15-9-5-2-6-10-15/h1-11H2. The Balaban J connectivity index is 1.64. The van der Waals surface area contributed by atoms with Crippen molar-refractivity contribution in [3.05, 3.63) is 0 Å². The Morgan fingerprint density at radius 2 is 1.05 bits per heavy atom. The molecule has 0 saturated carbocycles. The molecule has 6 heteroatoms. The van der Waals surface area contributed by atoms with Crippen molar-refractivity contribution in [2.45, 2.75) is 44.9 Å². The zero-order chi connectivity index (χ0) is 13.5. The first-order valence-corrected chi connectivity index (χ1v) is 7.15. The van der Waals surface area contributed by atoms with Gasteiger partial charge < -0.3 is 9.68 Å². The summed E-state index contributed by atoms with van der Waals surface area (Å²) >= 11 is 0. The molecule has 6 nitrogen and oxygen atoms in total. The van der Waals surface area contributed by atoms with Crippen molar-refractivity contribution in [2.24, 2.45) is 0 Å². The highest BCUT2D eigenvalue weighted by atomic mass is 16.7. The van der Waals surface area contributed by atoms with Crippen molar-refractivity contribution in [2.75, 3.05) is 26.2 Å². The Morgan fingerprint density at radius 3 is 1.42 bits per heavy atom. The van der Waals surface area contributed by atoms with Crippen molar-refractivity contribution in [1.82, 2.24) is 10.1 Å². The maximum Gasteiger partial charge on any atom is 0.336 e. The molecule has 0 bridgehead atoms. The Kier molecular flexibility index (Phi) is 5.60. The SMILES string of the molecule is O=C(CC(=O)ON1CCCCC1)ON1CCCCC1. The van der Waals surface area contributed by atoms with Crippen LogP contribution < -0.4 is 0 Å². The second-order valence-corrected chi connectivity index (χ2v) is 5.08. The lowest BCUT2D eigenvalue weighted by atomic mass is 10.2. The van der Waals surface area contributed by atoms with E-state index in [0.29, 0.717) is 0 Å². The van der Waals surface area contributed by atoms with Crippen LogP contribution in [-0.4, -0.2) is 48.2 Å². The van der Waals surface area contributed by atoms with Crippen LogP contribution in [0.15, 0.2) is 0 Å². The predicted octanol–water partition coefficient (Wildman–Crippen LogP) is 1.26. The van der Waals surface area contributed by atoms with Crippen molar-refractivity contribution in [1.29, 1.82) is 0 Å². The number of carbonyl (C=O) groups is 2. The molecule has 0 radical (unpaired) electrons. The van der Waals surface area contributed by atoms with Crippen LogP contribution in [0.3, 0.4) is 0 Å². The molecule has 2 aliphatic rings. The molecule has 0 aromatic rings. The maximum atomic E-state index is 11.6. The molecule has 2 aliphatic heterocycles. The van der Waals surface area contributed by atoms with Gasteiger partial charge in [0.05, 0.1) is 0 Å². The molecular weight excluding hydrogens is 248 g/mol. The Labute approximate surface area is 113 Å². The van der Waals surface area contributed by atoms with Crippen molar-refractivity contribution < 1.29 is 19.3 Å². The lowest BCUT2D eigenvalue weighted by Gasteiger charge is -2.26. The Morgan fingerprint density at radius 1 is 0.684 bits per heavy atom. The third-order valence-corrected chi connectivity index (χ3v) is 3.38. The van der Waals surface area contributed by atoms with Gasteiger partial charge in [0.2, 0.25) is 0 Å². The van der Waals surface area contributed by atoms with Gasteiger partial charge in [0.1, 0.15) is 6.42 Å². The lowest BCUT2D eigenvalue weighted by molar-refractivity contribution is -0.206. The van der Waals surface area contributed by atoms with E-state index in [-0.39, 0.29) is 6.42 Å². The van der Waals surface area contributed by atoms with E-state index in [1.54, 1.807) is 10.1 Å². The Bertz CT molecular complexity index is 280. The molecule has 108 valence electrons. The largest absolute Gasteiger partial charge is 0.367 e. The summed E-state index contributed by atoms with van der Waals surface area (Å²) in [6, 6.07) is 0. The molecule has 0 N–H and O–H groups in total. The second kappa shape index (κ2) is 7.45. The molecule has 2 fully saturated rings. The summed E-state index contributed by atoms with van der Waals surface area (Å²) < 4.78 is 0. The van der Waals surface area contributed by atoms with Crippen molar-refractivity contribution in [3.63, 3.8) is 0 Å². The molecular formula is C13H22N2O4. The van der Waals surface area contributed by atoms with Crippen LogP contribution in [0.1, 0.15) is 44.9 Å². The zero-order valence-electron chi connectivity index (χ0n) is 11.3. The summed E-state index contributed by atoms with van der Waals surface area (Å²) in [5.74, 6) is -1.05. The maximum absolute atomic E-state index is 11.6. The number of nitrogens with zero attached hydrogens (tertiary/aromatic N) is 2. The molecule has 0 aromatic heterocycles. The third kappa shape index (κ3) is 5.16. The molecule has 2 rings (SSSR count). The van der Waals surface area contributed by atoms with Gasteiger partial charge in [-0.05, 0) is 25.7 Å².